The van der Waals surface area contributed by atoms with Crippen LogP contribution in [-0.4, -0.2) is 31.5 Å². The van der Waals surface area contributed by atoms with Gasteiger partial charge in [-0.1, -0.05) is 12.1 Å². The number of hydrogen-bond donors (Lipinski definition) is 2. The first-order valence-corrected chi connectivity index (χ1v) is 7.39. The van der Waals surface area contributed by atoms with Gasteiger partial charge in [-0.05, 0) is 43.9 Å². The van der Waals surface area contributed by atoms with Crippen molar-refractivity contribution >= 4 is 5.91 Å². The monoisotopic (exact) mass is 314 g/mol. The highest BCUT2D eigenvalue weighted by molar-refractivity contribution is 5.75. The first kappa shape index (κ1) is 18.4. The van der Waals surface area contributed by atoms with Gasteiger partial charge < -0.3 is 15.8 Å². The summed E-state index contributed by atoms with van der Waals surface area (Å²) in [4.78, 5) is 11.4. The number of halogens is 2. The number of amides is 1. The van der Waals surface area contributed by atoms with Crippen molar-refractivity contribution in [2.75, 3.05) is 19.7 Å². The molecule has 0 spiro atoms. The molecule has 0 radical (unpaired) electrons. The number of benzene rings is 1. The molecular weight excluding hydrogens is 290 g/mol. The fourth-order valence-corrected chi connectivity index (χ4v) is 1.82. The van der Waals surface area contributed by atoms with Gasteiger partial charge >= 0.3 is 0 Å². The average molecular weight is 314 g/mol. The van der Waals surface area contributed by atoms with E-state index in [9.17, 15) is 13.6 Å². The van der Waals surface area contributed by atoms with Gasteiger partial charge in [0.05, 0.1) is 19.7 Å². The molecule has 1 rings (SSSR count). The molecule has 3 N–H and O–H groups in total. The highest BCUT2D eigenvalue weighted by atomic mass is 19.3. The quantitative estimate of drug-likeness (QED) is 0.689. The summed E-state index contributed by atoms with van der Waals surface area (Å²) in [5, 5.41) is 2.19. The summed E-state index contributed by atoms with van der Waals surface area (Å²) < 4.78 is 31.4. The molecule has 1 amide bonds. The van der Waals surface area contributed by atoms with E-state index in [4.69, 9.17) is 10.5 Å². The highest BCUT2D eigenvalue weighted by Crippen LogP contribution is 2.19. The normalized spacial score (nSPS) is 11.3. The Kier molecular flexibility index (Phi) is 7.24. The minimum Gasteiger partial charge on any atom is -0.493 e. The predicted molar refractivity (Wildman–Crippen MR) is 82.3 cm³/mol. The summed E-state index contributed by atoms with van der Waals surface area (Å²) in [5.41, 5.74) is 7.08. The molecule has 0 aliphatic heterocycles. The van der Waals surface area contributed by atoms with Crippen molar-refractivity contribution in [3.05, 3.63) is 29.3 Å². The maximum atomic E-state index is 12.9. The Morgan fingerprint density at radius 1 is 1.32 bits per heavy atom. The molecule has 1 aromatic rings. The maximum absolute atomic E-state index is 12.9. The van der Waals surface area contributed by atoms with E-state index < -0.39 is 19.0 Å². The smallest absolute Gasteiger partial charge is 0.277 e. The lowest BCUT2D eigenvalue weighted by molar-refractivity contribution is -0.123. The molecule has 0 aromatic heterocycles. The SMILES string of the molecule is Cc1ccc(C)c(OCCCCC(=O)NCC(F)(F)CN)c1. The zero-order chi connectivity index (χ0) is 16.6. The number of carbonyl (C=O) groups excluding carboxylic acids is 1. The second-order valence-corrected chi connectivity index (χ2v) is 5.41. The number of carbonyl (C=O) groups is 1. The van der Waals surface area contributed by atoms with E-state index >= 15 is 0 Å². The Bertz CT molecular complexity index is 493. The zero-order valence-corrected chi connectivity index (χ0v) is 13.1. The number of ether oxygens (including phenoxy) is 1. The summed E-state index contributed by atoms with van der Waals surface area (Å²) >= 11 is 0. The first-order chi connectivity index (χ1) is 10.3. The Morgan fingerprint density at radius 2 is 2.05 bits per heavy atom. The molecule has 0 unspecified atom stereocenters. The van der Waals surface area contributed by atoms with Crippen LogP contribution in [0, 0.1) is 13.8 Å². The summed E-state index contributed by atoms with van der Waals surface area (Å²) in [7, 11) is 0. The van der Waals surface area contributed by atoms with Crippen molar-refractivity contribution in [3.63, 3.8) is 0 Å². The molecule has 124 valence electrons. The second kappa shape index (κ2) is 8.68. The number of unbranched alkanes of at least 4 members (excludes halogenated alkanes) is 1. The lowest BCUT2D eigenvalue weighted by Gasteiger charge is -2.14. The van der Waals surface area contributed by atoms with Crippen molar-refractivity contribution in [1.82, 2.24) is 5.32 Å². The third-order valence-electron chi connectivity index (χ3n) is 3.24. The van der Waals surface area contributed by atoms with Crippen molar-refractivity contribution in [2.45, 2.75) is 39.0 Å². The minimum atomic E-state index is -3.04. The van der Waals surface area contributed by atoms with Crippen LogP contribution in [0.5, 0.6) is 5.75 Å². The summed E-state index contributed by atoms with van der Waals surface area (Å²) in [6.45, 7) is 2.99. The summed E-state index contributed by atoms with van der Waals surface area (Å²) in [6.07, 6.45) is 1.48. The highest BCUT2D eigenvalue weighted by Gasteiger charge is 2.26. The topological polar surface area (TPSA) is 64.3 Å². The van der Waals surface area contributed by atoms with Gasteiger partial charge in [0, 0.05) is 6.42 Å². The van der Waals surface area contributed by atoms with Crippen LogP contribution in [0.4, 0.5) is 8.78 Å². The van der Waals surface area contributed by atoms with E-state index in [1.54, 1.807) is 0 Å². The molecule has 0 fully saturated rings. The molecule has 0 saturated carbocycles. The minimum absolute atomic E-state index is 0.205. The molecule has 0 atom stereocenters. The van der Waals surface area contributed by atoms with Crippen LogP contribution in [-0.2, 0) is 4.79 Å². The molecule has 4 nitrogen and oxygen atoms in total. The summed E-state index contributed by atoms with van der Waals surface area (Å²) in [6, 6.07) is 5.98. The molecule has 0 aliphatic carbocycles. The van der Waals surface area contributed by atoms with Crippen molar-refractivity contribution in [1.29, 1.82) is 0 Å². The summed E-state index contributed by atoms with van der Waals surface area (Å²) in [5.74, 6) is -2.59. The van der Waals surface area contributed by atoms with Gasteiger partial charge in [0.1, 0.15) is 5.75 Å². The first-order valence-electron chi connectivity index (χ1n) is 7.39. The van der Waals surface area contributed by atoms with Gasteiger partial charge in [-0.2, -0.15) is 0 Å². The number of aryl methyl sites for hydroxylation is 2. The number of alkyl halides is 2. The van der Waals surface area contributed by atoms with Crippen molar-refractivity contribution in [2.24, 2.45) is 5.73 Å². The van der Waals surface area contributed by atoms with Crippen molar-refractivity contribution < 1.29 is 18.3 Å². The third-order valence-corrected chi connectivity index (χ3v) is 3.24. The van der Waals surface area contributed by atoms with Crippen LogP contribution >= 0.6 is 0 Å². The largest absolute Gasteiger partial charge is 0.493 e. The molecule has 0 aliphatic rings. The zero-order valence-electron chi connectivity index (χ0n) is 13.1. The van der Waals surface area contributed by atoms with Crippen LogP contribution in [0.2, 0.25) is 0 Å². The van der Waals surface area contributed by atoms with Crippen LogP contribution in [0.25, 0.3) is 0 Å². The van der Waals surface area contributed by atoms with Crippen LogP contribution in [0.1, 0.15) is 30.4 Å². The van der Waals surface area contributed by atoms with Crippen LogP contribution < -0.4 is 15.8 Å². The van der Waals surface area contributed by atoms with E-state index in [1.165, 1.54) is 0 Å². The van der Waals surface area contributed by atoms with E-state index in [0.717, 1.165) is 16.9 Å². The van der Waals surface area contributed by atoms with Gasteiger partial charge in [0.25, 0.3) is 5.92 Å². The molecule has 0 heterocycles. The van der Waals surface area contributed by atoms with Gasteiger partial charge in [-0.25, -0.2) is 8.78 Å². The van der Waals surface area contributed by atoms with Crippen LogP contribution in [0.15, 0.2) is 18.2 Å². The Balaban J connectivity index is 2.17. The number of nitrogens with one attached hydrogen (secondary N) is 1. The molecule has 6 heteroatoms. The fraction of sp³-hybridized carbons (Fsp3) is 0.562. The van der Waals surface area contributed by atoms with E-state index in [0.29, 0.717) is 19.4 Å². The number of rotatable bonds is 9. The maximum Gasteiger partial charge on any atom is 0.277 e. The third kappa shape index (κ3) is 6.85. The van der Waals surface area contributed by atoms with Gasteiger partial charge in [-0.3, -0.25) is 4.79 Å². The molecule has 0 saturated heterocycles. The lowest BCUT2D eigenvalue weighted by Crippen LogP contribution is -2.41. The molecular formula is C16H24F2N2O2. The van der Waals surface area contributed by atoms with Gasteiger partial charge in [0.15, 0.2) is 0 Å². The van der Waals surface area contributed by atoms with Gasteiger partial charge in [0.2, 0.25) is 5.91 Å². The lowest BCUT2D eigenvalue weighted by atomic mass is 10.1. The average Bonchev–Trinajstić information content (AvgIpc) is 2.48. The molecule has 1 aromatic carbocycles. The number of nitrogens with two attached hydrogens (primary N) is 1. The van der Waals surface area contributed by atoms with E-state index in [1.807, 2.05) is 32.0 Å². The van der Waals surface area contributed by atoms with E-state index in [-0.39, 0.29) is 12.3 Å². The Morgan fingerprint density at radius 3 is 2.73 bits per heavy atom. The Labute approximate surface area is 130 Å². The van der Waals surface area contributed by atoms with Crippen LogP contribution in [0.3, 0.4) is 0 Å². The standard InChI is InChI=1S/C16H24F2N2O2/c1-12-6-7-13(2)14(9-12)22-8-4-3-5-15(21)20-11-16(17,18)10-19/h6-7,9H,3-5,8,10-11,19H2,1-2H3,(H,20,21). The van der Waals surface area contributed by atoms with E-state index in [2.05, 4.69) is 5.32 Å². The Hall–Kier alpha value is -1.69. The molecule has 0 bridgehead atoms. The fourth-order valence-electron chi connectivity index (χ4n) is 1.82. The number of hydrogen-bond acceptors (Lipinski definition) is 3. The molecule has 22 heavy (non-hydrogen) atoms. The van der Waals surface area contributed by atoms with Crippen molar-refractivity contribution in [3.8, 4) is 5.75 Å². The van der Waals surface area contributed by atoms with Gasteiger partial charge in [-0.15, -0.1) is 0 Å². The second-order valence-electron chi connectivity index (χ2n) is 5.41. The predicted octanol–water partition coefficient (Wildman–Crippen LogP) is 2.56.